The maximum Gasteiger partial charge on any atom is 0.0467 e. The lowest BCUT2D eigenvalue weighted by molar-refractivity contribution is 1.08. The summed E-state index contributed by atoms with van der Waals surface area (Å²) in [5.74, 6) is 0. The van der Waals surface area contributed by atoms with Crippen LogP contribution in [0.15, 0.2) is 205 Å². The molecule has 0 N–H and O–H groups in total. The van der Waals surface area contributed by atoms with Crippen LogP contribution in [0, 0.1) is 20.8 Å². The lowest BCUT2D eigenvalue weighted by Gasteiger charge is -2.28. The minimum Gasteiger partial charge on any atom is -0.314 e. The second-order valence-corrected chi connectivity index (χ2v) is 14.5. The highest BCUT2D eigenvalue weighted by Crippen LogP contribution is 2.42. The highest BCUT2D eigenvalue weighted by atomic mass is 15.2. The Morgan fingerprint density at radius 2 is 0.782 bits per heavy atom. The molecule has 0 amide bonds. The fourth-order valence-corrected chi connectivity index (χ4v) is 7.46. The molecule has 0 saturated heterocycles. The molecule has 0 fully saturated rings. The van der Waals surface area contributed by atoms with Crippen LogP contribution >= 0.6 is 0 Å². The Hall–Kier alpha value is -6.64. The largest absolute Gasteiger partial charge is 0.314 e. The molecule has 268 valence electrons. The van der Waals surface area contributed by atoms with Crippen molar-refractivity contribution in [2.75, 3.05) is 9.80 Å². The lowest BCUT2D eigenvalue weighted by Crippen LogP contribution is -2.16. The van der Waals surface area contributed by atoms with E-state index < -0.39 is 0 Å². The lowest BCUT2D eigenvalue weighted by atomic mass is 9.89. The molecule has 0 aromatic heterocycles. The molecule has 1 aliphatic rings. The van der Waals surface area contributed by atoms with Gasteiger partial charge in [-0.1, -0.05) is 150 Å². The van der Waals surface area contributed by atoms with E-state index in [-0.39, 0.29) is 0 Å². The van der Waals surface area contributed by atoms with Crippen molar-refractivity contribution in [3.63, 3.8) is 0 Å². The fraction of sp³-hybridized carbons (Fsp3) is 0.0943. The van der Waals surface area contributed by atoms with E-state index in [1.54, 1.807) is 0 Å². The topological polar surface area (TPSA) is 6.48 Å². The summed E-state index contributed by atoms with van der Waals surface area (Å²) in [4.78, 5) is 4.75. The summed E-state index contributed by atoms with van der Waals surface area (Å²) in [5.41, 5.74) is 19.0. The van der Waals surface area contributed by atoms with Crippen LogP contribution in [0.1, 0.15) is 30.0 Å². The summed E-state index contributed by atoms with van der Waals surface area (Å²) in [5, 5.41) is 0. The highest BCUT2D eigenvalue weighted by molar-refractivity contribution is 5.93. The standard InChI is InChI=1S/C53H46N2/c1-38-12-9-15-44(29-22-38)54(45-30-23-39(2)24-31-45)48-16-10-13-42(36-48)50-18-5-7-20-52(50)53-21-8-6-19-51(53)43-14-11-17-49(37-43)55(46-32-25-40(3)26-33-46)47-34-27-41(4)28-35-47/h5-14,16-37H,15H2,1-4H3. The molecule has 0 atom stereocenters. The molecule has 0 heterocycles. The van der Waals surface area contributed by atoms with Crippen LogP contribution < -0.4 is 9.80 Å². The molecule has 7 aromatic rings. The summed E-state index contributed by atoms with van der Waals surface area (Å²) >= 11 is 0. The normalized spacial score (nSPS) is 12.4. The quantitative estimate of drug-likeness (QED) is 0.147. The number of nitrogens with zero attached hydrogens (tertiary/aromatic N) is 2. The average Bonchev–Trinajstić information content (AvgIpc) is 3.44. The maximum atomic E-state index is 2.40. The van der Waals surface area contributed by atoms with Crippen LogP contribution in [0.3, 0.4) is 0 Å². The molecule has 1 aliphatic carbocycles. The molecule has 2 nitrogen and oxygen atoms in total. The summed E-state index contributed by atoms with van der Waals surface area (Å²) < 4.78 is 0. The summed E-state index contributed by atoms with van der Waals surface area (Å²) in [6.07, 6.45) is 9.79. The van der Waals surface area contributed by atoms with Gasteiger partial charge in [-0.05, 0) is 128 Å². The number of hydrogen-bond donors (Lipinski definition) is 0. The Balaban J connectivity index is 1.22. The Morgan fingerprint density at radius 3 is 1.25 bits per heavy atom. The Kier molecular flexibility index (Phi) is 10.1. The zero-order chi connectivity index (χ0) is 37.7. The van der Waals surface area contributed by atoms with E-state index in [1.165, 1.54) is 61.3 Å². The monoisotopic (exact) mass is 710 g/mol. The average molecular weight is 711 g/mol. The van der Waals surface area contributed by atoms with Crippen LogP contribution in [-0.4, -0.2) is 0 Å². The van der Waals surface area contributed by atoms with Crippen LogP contribution in [0.25, 0.3) is 33.4 Å². The SMILES string of the molecule is CC1=CC=C(N(c2ccc(C)cc2)c2cccc(-c3ccccc3-c3ccccc3-c3cccc(N(c4ccc(C)cc4)c4ccc(C)cc4)c3)c2)CC=C1. The first-order valence-electron chi connectivity index (χ1n) is 19.1. The van der Waals surface area contributed by atoms with E-state index in [1.807, 2.05) is 0 Å². The summed E-state index contributed by atoms with van der Waals surface area (Å²) in [6.45, 7) is 8.57. The fourth-order valence-electron chi connectivity index (χ4n) is 7.46. The third-order valence-electron chi connectivity index (χ3n) is 10.4. The summed E-state index contributed by atoms with van der Waals surface area (Å²) in [7, 11) is 0. The molecule has 0 aliphatic heterocycles. The van der Waals surface area contributed by atoms with Crippen LogP contribution in [-0.2, 0) is 0 Å². The number of hydrogen-bond acceptors (Lipinski definition) is 2. The number of rotatable bonds is 9. The van der Waals surface area contributed by atoms with Crippen LogP contribution in [0.2, 0.25) is 0 Å². The van der Waals surface area contributed by atoms with Gasteiger partial charge in [-0.25, -0.2) is 0 Å². The number of aryl methyl sites for hydroxylation is 3. The van der Waals surface area contributed by atoms with Crippen LogP contribution in [0.4, 0.5) is 28.4 Å². The first-order chi connectivity index (χ1) is 26.9. The first kappa shape index (κ1) is 35.4. The van der Waals surface area contributed by atoms with Gasteiger partial charge in [0.15, 0.2) is 0 Å². The van der Waals surface area contributed by atoms with E-state index >= 15 is 0 Å². The zero-order valence-electron chi connectivity index (χ0n) is 32.1. The highest BCUT2D eigenvalue weighted by Gasteiger charge is 2.19. The Bertz CT molecular complexity index is 2490. The molecular formula is C53H46N2. The van der Waals surface area contributed by atoms with E-state index in [0.29, 0.717) is 0 Å². The number of anilines is 5. The van der Waals surface area contributed by atoms with Gasteiger partial charge in [-0.3, -0.25) is 0 Å². The van der Waals surface area contributed by atoms with Crippen molar-refractivity contribution in [1.82, 2.24) is 0 Å². The van der Waals surface area contributed by atoms with Gasteiger partial charge in [0.25, 0.3) is 0 Å². The van der Waals surface area contributed by atoms with E-state index in [2.05, 4.69) is 232 Å². The van der Waals surface area contributed by atoms with Crippen LogP contribution in [0.5, 0.6) is 0 Å². The molecule has 8 rings (SSSR count). The van der Waals surface area contributed by atoms with E-state index in [0.717, 1.165) is 34.9 Å². The van der Waals surface area contributed by atoms with Crippen molar-refractivity contribution in [3.05, 3.63) is 222 Å². The minimum atomic E-state index is 0.847. The van der Waals surface area contributed by atoms with E-state index in [4.69, 9.17) is 0 Å². The molecule has 0 spiro atoms. The zero-order valence-corrected chi connectivity index (χ0v) is 32.1. The maximum absolute atomic E-state index is 2.40. The van der Waals surface area contributed by atoms with Crippen molar-refractivity contribution in [3.8, 4) is 33.4 Å². The first-order valence-corrected chi connectivity index (χ1v) is 19.1. The third kappa shape index (κ3) is 7.72. The molecule has 0 bridgehead atoms. The Labute approximate surface area is 326 Å². The van der Waals surface area contributed by atoms with Crippen molar-refractivity contribution in [2.45, 2.75) is 34.1 Å². The predicted octanol–water partition coefficient (Wildman–Crippen LogP) is 15.0. The minimum absolute atomic E-state index is 0.847. The molecule has 0 unspecified atom stereocenters. The third-order valence-corrected chi connectivity index (χ3v) is 10.4. The Morgan fingerprint density at radius 1 is 0.364 bits per heavy atom. The van der Waals surface area contributed by atoms with Crippen molar-refractivity contribution in [2.24, 2.45) is 0 Å². The second kappa shape index (κ2) is 15.8. The number of allylic oxidation sites excluding steroid dienone is 5. The molecule has 0 radical (unpaired) electrons. The number of benzene rings is 7. The van der Waals surface area contributed by atoms with E-state index in [9.17, 15) is 0 Å². The molecule has 7 aromatic carbocycles. The predicted molar refractivity (Wildman–Crippen MR) is 236 cm³/mol. The van der Waals surface area contributed by atoms with Crippen molar-refractivity contribution in [1.29, 1.82) is 0 Å². The van der Waals surface area contributed by atoms with Gasteiger partial charge < -0.3 is 9.80 Å². The van der Waals surface area contributed by atoms with Gasteiger partial charge in [0, 0.05) is 40.6 Å². The molecule has 0 saturated carbocycles. The molecular weight excluding hydrogens is 665 g/mol. The molecule has 2 heteroatoms. The smallest absolute Gasteiger partial charge is 0.0467 e. The van der Waals surface area contributed by atoms with Gasteiger partial charge in [0.05, 0.1) is 0 Å². The van der Waals surface area contributed by atoms with Gasteiger partial charge in [-0.2, -0.15) is 0 Å². The van der Waals surface area contributed by atoms with Gasteiger partial charge in [0.1, 0.15) is 0 Å². The van der Waals surface area contributed by atoms with Gasteiger partial charge in [-0.15, -0.1) is 0 Å². The van der Waals surface area contributed by atoms with Gasteiger partial charge >= 0.3 is 0 Å². The summed E-state index contributed by atoms with van der Waals surface area (Å²) in [6, 6.07) is 62.0. The van der Waals surface area contributed by atoms with Crippen molar-refractivity contribution < 1.29 is 0 Å². The molecule has 55 heavy (non-hydrogen) atoms. The van der Waals surface area contributed by atoms with Gasteiger partial charge in [0.2, 0.25) is 0 Å². The second-order valence-electron chi connectivity index (χ2n) is 14.5. The van der Waals surface area contributed by atoms with Crippen molar-refractivity contribution >= 4 is 28.4 Å².